The Balaban J connectivity index is 1.51. The van der Waals surface area contributed by atoms with E-state index in [2.05, 4.69) is 10.3 Å². The van der Waals surface area contributed by atoms with Crippen LogP contribution in [-0.2, 0) is 4.74 Å². The Kier molecular flexibility index (Phi) is 5.73. The van der Waals surface area contributed by atoms with Gasteiger partial charge in [0.05, 0.1) is 11.0 Å². The molecule has 0 saturated carbocycles. The van der Waals surface area contributed by atoms with Gasteiger partial charge in [0.2, 0.25) is 6.23 Å². The minimum atomic E-state index is -3.77. The van der Waals surface area contributed by atoms with Crippen LogP contribution in [0.3, 0.4) is 0 Å². The Morgan fingerprint density at radius 2 is 2.16 bits per heavy atom. The van der Waals surface area contributed by atoms with Gasteiger partial charge in [-0.1, -0.05) is 11.8 Å². The van der Waals surface area contributed by atoms with Crippen molar-refractivity contribution < 1.29 is 33.3 Å². The number of nitrogens with zero attached hydrogens (tertiary/aromatic N) is 2. The number of carbonyl (C=O) groups is 1. The predicted molar refractivity (Wildman–Crippen MR) is 105 cm³/mol. The maximum Gasteiger partial charge on any atom is 0.351 e. The van der Waals surface area contributed by atoms with Gasteiger partial charge in [-0.15, -0.1) is 0 Å². The average molecular weight is 455 g/mol. The number of aromatic nitrogens is 2. The van der Waals surface area contributed by atoms with Crippen LogP contribution in [0.25, 0.3) is 0 Å². The maximum absolute atomic E-state index is 14.4. The summed E-state index contributed by atoms with van der Waals surface area (Å²) in [6, 6.07) is 6.05. The molecule has 31 heavy (non-hydrogen) atoms. The van der Waals surface area contributed by atoms with E-state index in [1.165, 1.54) is 17.8 Å². The molecule has 4 rings (SSSR count). The normalized spacial score (nSPS) is 26.4. The first-order valence-electron chi connectivity index (χ1n) is 9.41. The molecule has 1 fully saturated rings. The molecule has 2 aromatic rings. The molecule has 1 saturated heterocycles. The van der Waals surface area contributed by atoms with Gasteiger partial charge in [0, 0.05) is 18.4 Å². The van der Waals surface area contributed by atoms with E-state index in [-0.39, 0.29) is 17.7 Å². The Hall–Kier alpha value is -2.54. The third kappa shape index (κ3) is 4.03. The summed E-state index contributed by atoms with van der Waals surface area (Å²) < 4.78 is 40.0. The zero-order valence-corrected chi connectivity index (χ0v) is 17.0. The molecule has 0 bridgehead atoms. The number of hydrogen-bond donors (Lipinski definition) is 3. The number of fused-ring (bicyclic) bond motifs is 1. The fourth-order valence-electron chi connectivity index (χ4n) is 3.40. The number of benzene rings is 1. The molecule has 1 amide bonds. The number of hydrogen-bond acceptors (Lipinski definition) is 8. The van der Waals surface area contributed by atoms with Crippen LogP contribution in [0.2, 0.25) is 0 Å². The third-order valence-electron chi connectivity index (χ3n) is 4.91. The van der Waals surface area contributed by atoms with Gasteiger partial charge >= 0.3 is 11.6 Å². The van der Waals surface area contributed by atoms with Gasteiger partial charge in [-0.05, 0) is 37.6 Å². The molecule has 4 atom stereocenters. The number of halogens is 2. The first-order chi connectivity index (χ1) is 14.7. The molecule has 0 spiro atoms. The Morgan fingerprint density at radius 1 is 1.39 bits per heavy atom. The SMILES string of the molecule is CC1Oc2ccc(C(=O)Nc3ccn(C4O[C@H](CCO)[C@@H](O)C4(F)F)c(=O)n3)cc2S1. The van der Waals surface area contributed by atoms with Crippen molar-refractivity contribution in [2.75, 3.05) is 11.9 Å². The maximum atomic E-state index is 14.4. The molecule has 2 unspecified atom stereocenters. The molecule has 12 heteroatoms. The number of rotatable bonds is 5. The smallest absolute Gasteiger partial charge is 0.351 e. The Morgan fingerprint density at radius 3 is 2.87 bits per heavy atom. The van der Waals surface area contributed by atoms with Gasteiger partial charge in [-0.3, -0.25) is 9.36 Å². The van der Waals surface area contributed by atoms with Crippen molar-refractivity contribution in [1.29, 1.82) is 0 Å². The lowest BCUT2D eigenvalue weighted by molar-refractivity contribution is -0.140. The van der Waals surface area contributed by atoms with Crippen LogP contribution in [0.1, 0.15) is 29.9 Å². The molecule has 3 N–H and O–H groups in total. The molecule has 9 nitrogen and oxygen atoms in total. The lowest BCUT2D eigenvalue weighted by Crippen LogP contribution is -2.41. The lowest BCUT2D eigenvalue weighted by Gasteiger charge is -2.21. The van der Waals surface area contributed by atoms with E-state index in [4.69, 9.17) is 14.6 Å². The van der Waals surface area contributed by atoms with E-state index in [0.29, 0.717) is 15.9 Å². The number of anilines is 1. The molecule has 0 radical (unpaired) electrons. The standard InChI is InChI=1S/C19H19F2N3O6S/c1-9-29-11-3-2-10(8-13(11)31-9)16(27)22-14-4-6-24(18(28)23-14)17-19(20,21)15(26)12(30-17)5-7-25/h2-4,6,8-9,12,15,17,25-26H,5,7H2,1H3,(H,22,23,27,28)/t9?,12-,15-,17?/m1/s1. The van der Waals surface area contributed by atoms with Crippen molar-refractivity contribution in [2.24, 2.45) is 0 Å². The number of ether oxygens (including phenoxy) is 2. The molecule has 2 aliphatic rings. The van der Waals surface area contributed by atoms with Gasteiger partial charge < -0.3 is 25.0 Å². The van der Waals surface area contributed by atoms with Crippen molar-refractivity contribution in [3.05, 3.63) is 46.5 Å². The zero-order chi connectivity index (χ0) is 22.3. The van der Waals surface area contributed by atoms with E-state index in [1.807, 2.05) is 6.92 Å². The molecular formula is C19H19F2N3O6S. The van der Waals surface area contributed by atoms with E-state index >= 15 is 0 Å². The first kappa shape index (κ1) is 21.7. The highest BCUT2D eigenvalue weighted by atomic mass is 32.2. The van der Waals surface area contributed by atoms with Crippen molar-refractivity contribution in [3.8, 4) is 5.75 Å². The van der Waals surface area contributed by atoms with Gasteiger partial charge in [0.15, 0.2) is 0 Å². The number of nitrogens with one attached hydrogen (secondary N) is 1. The fraction of sp³-hybridized carbons (Fsp3) is 0.421. The Labute approximate surface area is 179 Å². The molecule has 1 aromatic heterocycles. The average Bonchev–Trinajstić information content (AvgIpc) is 3.19. The highest BCUT2D eigenvalue weighted by Gasteiger charge is 2.59. The number of thioether (sulfide) groups is 1. The predicted octanol–water partition coefficient (Wildman–Crippen LogP) is 1.60. The minimum Gasteiger partial charge on any atom is -0.479 e. The molecule has 0 aliphatic carbocycles. The highest BCUT2D eigenvalue weighted by Crippen LogP contribution is 2.43. The van der Waals surface area contributed by atoms with Gasteiger partial charge in [0.25, 0.3) is 5.91 Å². The second-order valence-corrected chi connectivity index (χ2v) is 8.42. The summed E-state index contributed by atoms with van der Waals surface area (Å²) >= 11 is 1.46. The molecule has 2 aliphatic heterocycles. The molecular weight excluding hydrogens is 436 g/mol. The van der Waals surface area contributed by atoms with Crippen molar-refractivity contribution in [3.63, 3.8) is 0 Å². The summed E-state index contributed by atoms with van der Waals surface area (Å²) in [7, 11) is 0. The second-order valence-electron chi connectivity index (χ2n) is 7.08. The molecule has 166 valence electrons. The van der Waals surface area contributed by atoms with E-state index in [9.17, 15) is 23.5 Å². The van der Waals surface area contributed by atoms with Crippen molar-refractivity contribution in [1.82, 2.24) is 9.55 Å². The largest absolute Gasteiger partial charge is 0.479 e. The summed E-state index contributed by atoms with van der Waals surface area (Å²) in [4.78, 5) is 29.3. The fourth-order valence-corrected chi connectivity index (χ4v) is 4.34. The van der Waals surface area contributed by atoms with Crippen LogP contribution in [0.15, 0.2) is 40.2 Å². The van der Waals surface area contributed by atoms with Crippen LogP contribution in [-0.4, -0.2) is 55.8 Å². The number of alkyl halides is 2. The van der Waals surface area contributed by atoms with Gasteiger partial charge in [-0.2, -0.15) is 13.8 Å². The summed E-state index contributed by atoms with van der Waals surface area (Å²) in [6.45, 7) is 1.42. The van der Waals surface area contributed by atoms with E-state index < -0.39 is 42.6 Å². The summed E-state index contributed by atoms with van der Waals surface area (Å²) in [5, 5.41) is 21.2. The van der Waals surface area contributed by atoms with E-state index in [1.54, 1.807) is 18.2 Å². The summed E-state index contributed by atoms with van der Waals surface area (Å²) in [5.41, 5.74) is -0.837. The second kappa shape index (κ2) is 8.19. The number of amides is 1. The summed E-state index contributed by atoms with van der Waals surface area (Å²) in [5.74, 6) is -3.75. The number of aliphatic hydroxyl groups excluding tert-OH is 2. The van der Waals surface area contributed by atoms with Gasteiger partial charge in [-0.25, -0.2) is 4.79 Å². The Bertz CT molecular complexity index is 1070. The first-order valence-corrected chi connectivity index (χ1v) is 10.3. The quantitative estimate of drug-likeness (QED) is 0.622. The van der Waals surface area contributed by atoms with Crippen molar-refractivity contribution >= 4 is 23.5 Å². The van der Waals surface area contributed by atoms with Crippen LogP contribution in [0.5, 0.6) is 5.75 Å². The zero-order valence-electron chi connectivity index (χ0n) is 16.2. The minimum absolute atomic E-state index is 0.0611. The topological polar surface area (TPSA) is 123 Å². The molecule has 3 heterocycles. The molecule has 1 aromatic carbocycles. The lowest BCUT2D eigenvalue weighted by atomic mass is 10.1. The highest BCUT2D eigenvalue weighted by molar-refractivity contribution is 8.00. The third-order valence-corrected chi connectivity index (χ3v) is 5.91. The van der Waals surface area contributed by atoms with E-state index in [0.717, 1.165) is 11.1 Å². The van der Waals surface area contributed by atoms with Crippen LogP contribution in [0, 0.1) is 0 Å². The number of aliphatic hydroxyl groups is 2. The summed E-state index contributed by atoms with van der Waals surface area (Å²) in [6.07, 6.45) is -4.81. The van der Waals surface area contributed by atoms with Crippen LogP contribution in [0.4, 0.5) is 14.6 Å². The van der Waals surface area contributed by atoms with Crippen LogP contribution < -0.4 is 15.7 Å². The van der Waals surface area contributed by atoms with Crippen LogP contribution >= 0.6 is 11.8 Å². The van der Waals surface area contributed by atoms with Crippen molar-refractivity contribution in [2.45, 2.75) is 48.0 Å². The number of carbonyl (C=O) groups excluding carboxylic acids is 1. The monoisotopic (exact) mass is 455 g/mol. The van der Waals surface area contributed by atoms with Gasteiger partial charge in [0.1, 0.15) is 23.1 Å².